The molecule has 2 nitrogen and oxygen atoms in total. The zero-order valence-electron chi connectivity index (χ0n) is 8.83. The van der Waals surface area contributed by atoms with Gasteiger partial charge in [0.05, 0.1) is 11.2 Å². The highest BCUT2D eigenvalue weighted by Crippen LogP contribution is 2.31. The van der Waals surface area contributed by atoms with E-state index >= 15 is 0 Å². The number of aryl methyl sites for hydroxylation is 2. The van der Waals surface area contributed by atoms with Crippen LogP contribution in [0.15, 0.2) is 30.3 Å². The quantitative estimate of drug-likeness (QED) is 0.587. The highest BCUT2D eigenvalue weighted by atomic mass is 14.8. The Labute approximate surface area is 88.3 Å². The van der Waals surface area contributed by atoms with Crippen molar-refractivity contribution in [1.82, 2.24) is 9.97 Å². The molecule has 0 saturated heterocycles. The van der Waals surface area contributed by atoms with Gasteiger partial charge in [0, 0.05) is 22.3 Å². The number of aromatic nitrogens is 2. The third-order valence-electron chi connectivity index (χ3n) is 2.74. The number of fused-ring (bicyclic) bond motifs is 3. The molecule has 1 aromatic rings. The Bertz CT molecular complexity index is 607. The van der Waals surface area contributed by atoms with Gasteiger partial charge in [0.25, 0.3) is 0 Å². The van der Waals surface area contributed by atoms with Crippen LogP contribution in [-0.4, -0.2) is 9.97 Å². The summed E-state index contributed by atoms with van der Waals surface area (Å²) < 4.78 is 0. The number of pyridine rings is 2. The number of hydrogen-bond donors (Lipinski definition) is 1. The van der Waals surface area contributed by atoms with E-state index in [0.717, 1.165) is 16.9 Å². The summed E-state index contributed by atoms with van der Waals surface area (Å²) in [5, 5.41) is 1.21. The van der Waals surface area contributed by atoms with Crippen molar-refractivity contribution in [2.75, 3.05) is 0 Å². The summed E-state index contributed by atoms with van der Waals surface area (Å²) in [7, 11) is 0. The highest BCUT2D eigenvalue weighted by Gasteiger charge is 2.10. The summed E-state index contributed by atoms with van der Waals surface area (Å²) in [5.41, 5.74) is 5.68. The average molecular weight is 196 g/mol. The number of hydrogen-bond acceptors (Lipinski definition) is 1. The molecule has 0 atom stereocenters. The molecule has 1 aromatic heterocycles. The second-order valence-electron chi connectivity index (χ2n) is 4.01. The molecule has 0 amide bonds. The summed E-state index contributed by atoms with van der Waals surface area (Å²) in [6.07, 6.45) is 0. The molecule has 1 N–H and O–H groups in total. The normalized spacial score (nSPS) is 11.3. The Morgan fingerprint density at radius 1 is 1.07 bits per heavy atom. The van der Waals surface area contributed by atoms with Gasteiger partial charge in [0.2, 0.25) is 0 Å². The van der Waals surface area contributed by atoms with Gasteiger partial charge in [0.15, 0.2) is 0 Å². The molecule has 3 rings (SSSR count). The lowest BCUT2D eigenvalue weighted by Gasteiger charge is -2.01. The summed E-state index contributed by atoms with van der Waals surface area (Å²) in [5.74, 6) is 0. The van der Waals surface area contributed by atoms with Crippen molar-refractivity contribution in [1.29, 1.82) is 0 Å². The topological polar surface area (TPSA) is 28.7 Å². The molecule has 0 bridgehead atoms. The molecule has 0 spiro atoms. The van der Waals surface area contributed by atoms with Crippen LogP contribution >= 0.6 is 0 Å². The lowest BCUT2D eigenvalue weighted by Crippen LogP contribution is -1.87. The Balaban J connectivity index is 2.48. The third-order valence-corrected chi connectivity index (χ3v) is 2.74. The molecule has 1 aliphatic heterocycles. The lowest BCUT2D eigenvalue weighted by molar-refractivity contribution is 1.20. The molecule has 0 unspecified atom stereocenters. The molecule has 1 aliphatic carbocycles. The molecule has 0 fully saturated rings. The Morgan fingerprint density at radius 2 is 1.93 bits per heavy atom. The van der Waals surface area contributed by atoms with E-state index in [0.29, 0.717) is 0 Å². The molecule has 2 heteroatoms. The molecule has 2 heterocycles. The molecule has 2 aliphatic rings. The van der Waals surface area contributed by atoms with Crippen molar-refractivity contribution >= 4 is 10.9 Å². The van der Waals surface area contributed by atoms with Gasteiger partial charge in [-0.15, -0.1) is 0 Å². The standard InChI is InChI=1S/C13H12N2/c1-8-3-5-10-7-11-6-4-9(2)15-13(11)12(10)14-8/h3-7,14H,1-2H3. The van der Waals surface area contributed by atoms with Gasteiger partial charge in [-0.3, -0.25) is 4.98 Å². The van der Waals surface area contributed by atoms with E-state index in [1.807, 2.05) is 13.0 Å². The van der Waals surface area contributed by atoms with Gasteiger partial charge >= 0.3 is 0 Å². The fraction of sp³-hybridized carbons (Fsp3) is 0.154. The van der Waals surface area contributed by atoms with Crippen LogP contribution in [0.5, 0.6) is 0 Å². The minimum Gasteiger partial charge on any atom is -0.357 e. The van der Waals surface area contributed by atoms with Crippen LogP contribution in [0.2, 0.25) is 0 Å². The molecule has 0 saturated carbocycles. The van der Waals surface area contributed by atoms with E-state index in [1.165, 1.54) is 16.6 Å². The first-order valence-electron chi connectivity index (χ1n) is 5.10. The molecular formula is C13H12N2. The predicted molar refractivity (Wildman–Crippen MR) is 62.2 cm³/mol. The number of H-pyrrole nitrogens is 1. The second kappa shape index (κ2) is 2.83. The van der Waals surface area contributed by atoms with Gasteiger partial charge in [0.1, 0.15) is 0 Å². The molecular weight excluding hydrogens is 184 g/mol. The SMILES string of the molecule is Cc1ccc2cc3ccc(C)[nH]c-3c2n1. The molecule has 15 heavy (non-hydrogen) atoms. The van der Waals surface area contributed by atoms with E-state index in [9.17, 15) is 0 Å². The van der Waals surface area contributed by atoms with Crippen molar-refractivity contribution in [2.45, 2.75) is 13.8 Å². The van der Waals surface area contributed by atoms with Crippen molar-refractivity contribution in [2.24, 2.45) is 0 Å². The van der Waals surface area contributed by atoms with Crippen molar-refractivity contribution in [3.63, 3.8) is 0 Å². The molecule has 0 radical (unpaired) electrons. The monoisotopic (exact) mass is 196 g/mol. The number of aromatic amines is 1. The zero-order chi connectivity index (χ0) is 10.4. The van der Waals surface area contributed by atoms with Crippen LogP contribution in [0.3, 0.4) is 0 Å². The van der Waals surface area contributed by atoms with Crippen LogP contribution in [0.25, 0.3) is 22.2 Å². The first-order chi connectivity index (χ1) is 7.24. The summed E-state index contributed by atoms with van der Waals surface area (Å²) >= 11 is 0. The smallest absolute Gasteiger partial charge is 0.0946 e. The van der Waals surface area contributed by atoms with Crippen molar-refractivity contribution < 1.29 is 0 Å². The predicted octanol–water partition coefficient (Wildman–Crippen LogP) is 3.28. The van der Waals surface area contributed by atoms with Crippen LogP contribution in [0, 0.1) is 13.8 Å². The highest BCUT2D eigenvalue weighted by molar-refractivity contribution is 5.97. The largest absolute Gasteiger partial charge is 0.357 e. The van der Waals surface area contributed by atoms with E-state index in [2.05, 4.69) is 41.2 Å². The van der Waals surface area contributed by atoms with E-state index in [1.54, 1.807) is 0 Å². The van der Waals surface area contributed by atoms with Crippen LogP contribution in [0.4, 0.5) is 0 Å². The Kier molecular flexibility index (Phi) is 1.60. The maximum atomic E-state index is 4.57. The fourth-order valence-electron chi connectivity index (χ4n) is 1.98. The molecule has 74 valence electrons. The van der Waals surface area contributed by atoms with E-state index in [-0.39, 0.29) is 0 Å². The van der Waals surface area contributed by atoms with E-state index < -0.39 is 0 Å². The maximum absolute atomic E-state index is 4.57. The average Bonchev–Trinajstić information content (AvgIpc) is 2.56. The third kappa shape index (κ3) is 1.22. The minimum atomic E-state index is 1.06. The zero-order valence-corrected chi connectivity index (χ0v) is 8.83. The van der Waals surface area contributed by atoms with Crippen molar-refractivity contribution in [3.8, 4) is 11.3 Å². The van der Waals surface area contributed by atoms with E-state index in [4.69, 9.17) is 0 Å². The number of nitrogens with zero attached hydrogens (tertiary/aromatic N) is 1. The van der Waals surface area contributed by atoms with Gasteiger partial charge < -0.3 is 4.98 Å². The fourth-order valence-corrected chi connectivity index (χ4v) is 1.98. The summed E-state index contributed by atoms with van der Waals surface area (Å²) in [6.45, 7) is 4.09. The van der Waals surface area contributed by atoms with Crippen molar-refractivity contribution in [3.05, 3.63) is 41.7 Å². The Morgan fingerprint density at radius 3 is 2.80 bits per heavy atom. The summed E-state index contributed by atoms with van der Waals surface area (Å²) in [4.78, 5) is 7.95. The van der Waals surface area contributed by atoms with Crippen LogP contribution in [0.1, 0.15) is 11.4 Å². The van der Waals surface area contributed by atoms with Gasteiger partial charge in [-0.25, -0.2) is 0 Å². The van der Waals surface area contributed by atoms with Crippen LogP contribution in [-0.2, 0) is 0 Å². The van der Waals surface area contributed by atoms with Gasteiger partial charge in [-0.05, 0) is 32.0 Å². The lowest BCUT2D eigenvalue weighted by atomic mass is 10.2. The molecule has 0 aromatic carbocycles. The number of rotatable bonds is 0. The van der Waals surface area contributed by atoms with Gasteiger partial charge in [-0.2, -0.15) is 0 Å². The first kappa shape index (κ1) is 8.48. The second-order valence-corrected chi connectivity index (χ2v) is 4.01. The number of nitrogens with one attached hydrogen (secondary N) is 1. The van der Waals surface area contributed by atoms with Crippen LogP contribution < -0.4 is 0 Å². The maximum Gasteiger partial charge on any atom is 0.0946 e. The van der Waals surface area contributed by atoms with Gasteiger partial charge in [-0.1, -0.05) is 12.1 Å². The summed E-state index contributed by atoms with van der Waals surface area (Å²) in [6, 6.07) is 10.6. The Hall–Kier alpha value is -1.83. The minimum absolute atomic E-state index is 1.06. The first-order valence-corrected chi connectivity index (χ1v) is 5.10.